The van der Waals surface area contributed by atoms with Crippen LogP contribution >= 0.6 is 0 Å². The molecule has 0 aliphatic carbocycles. The maximum atomic E-state index is 6.13. The van der Waals surface area contributed by atoms with E-state index in [2.05, 4.69) is 52.4 Å². The Balaban J connectivity index is 1.73. The summed E-state index contributed by atoms with van der Waals surface area (Å²) in [5.74, 6) is 1.68. The Labute approximate surface area is 146 Å². The van der Waals surface area contributed by atoms with Crippen LogP contribution in [-0.4, -0.2) is 19.5 Å². The number of hydrogen-bond donors (Lipinski definition) is 0. The lowest BCUT2D eigenvalue weighted by atomic mass is 10.1. The average molecular weight is 332 g/mol. The SMILES string of the molecule is Cc1ccc2oc(-c3nccn3[C@@H](C)Cc3cnccn3)c(C)c2c1. The predicted octanol–water partition coefficient (Wildman–Crippen LogP) is 4.51. The van der Waals surface area contributed by atoms with Gasteiger partial charge in [-0.25, -0.2) is 4.98 Å². The Bertz CT molecular complexity index is 1020. The molecule has 0 saturated heterocycles. The first-order valence-corrected chi connectivity index (χ1v) is 8.41. The number of imidazole rings is 1. The van der Waals surface area contributed by atoms with Gasteiger partial charge in [-0.15, -0.1) is 0 Å². The van der Waals surface area contributed by atoms with E-state index in [4.69, 9.17) is 4.42 Å². The summed E-state index contributed by atoms with van der Waals surface area (Å²) >= 11 is 0. The molecule has 0 radical (unpaired) electrons. The minimum absolute atomic E-state index is 0.198. The molecule has 0 aliphatic heterocycles. The third kappa shape index (κ3) is 2.82. The zero-order valence-corrected chi connectivity index (χ0v) is 14.6. The van der Waals surface area contributed by atoms with E-state index in [0.29, 0.717) is 0 Å². The zero-order chi connectivity index (χ0) is 17.4. The van der Waals surface area contributed by atoms with Crippen LogP contribution in [0.15, 0.2) is 53.6 Å². The maximum Gasteiger partial charge on any atom is 0.176 e. The molecule has 4 aromatic rings. The van der Waals surface area contributed by atoms with Crippen LogP contribution in [-0.2, 0) is 6.42 Å². The van der Waals surface area contributed by atoms with Crippen molar-refractivity contribution in [1.29, 1.82) is 0 Å². The van der Waals surface area contributed by atoms with Crippen molar-refractivity contribution >= 4 is 11.0 Å². The number of hydrogen-bond acceptors (Lipinski definition) is 4. The molecule has 1 atom stereocenters. The Morgan fingerprint density at radius 2 is 2.00 bits per heavy atom. The molecular formula is C20H20N4O. The molecule has 25 heavy (non-hydrogen) atoms. The third-order valence-electron chi connectivity index (χ3n) is 4.56. The fourth-order valence-corrected chi connectivity index (χ4v) is 3.23. The van der Waals surface area contributed by atoms with Crippen LogP contribution in [0.4, 0.5) is 0 Å². The Hall–Kier alpha value is -2.95. The Kier molecular flexibility index (Phi) is 3.84. The van der Waals surface area contributed by atoms with Gasteiger partial charge >= 0.3 is 0 Å². The molecule has 0 spiro atoms. The van der Waals surface area contributed by atoms with E-state index in [-0.39, 0.29) is 6.04 Å². The van der Waals surface area contributed by atoms with Crippen LogP contribution in [0.2, 0.25) is 0 Å². The van der Waals surface area contributed by atoms with Crippen LogP contribution in [0, 0.1) is 13.8 Å². The predicted molar refractivity (Wildman–Crippen MR) is 97.4 cm³/mol. The molecular weight excluding hydrogens is 312 g/mol. The molecule has 0 amide bonds. The lowest BCUT2D eigenvalue weighted by molar-refractivity contribution is 0.529. The topological polar surface area (TPSA) is 56.7 Å². The standard InChI is InChI=1S/C20H20N4O/c1-13-4-5-18-17(10-13)15(3)19(25-18)20-23-8-9-24(20)14(2)11-16-12-21-6-7-22-16/h4-10,12,14H,11H2,1-3H3/t14-/m0/s1. The lowest BCUT2D eigenvalue weighted by Gasteiger charge is -2.15. The number of rotatable bonds is 4. The highest BCUT2D eigenvalue weighted by atomic mass is 16.3. The summed E-state index contributed by atoms with van der Waals surface area (Å²) in [6, 6.07) is 6.45. The highest BCUT2D eigenvalue weighted by molar-refractivity contribution is 5.87. The van der Waals surface area contributed by atoms with Crippen LogP contribution in [0.25, 0.3) is 22.6 Å². The van der Waals surface area contributed by atoms with Crippen LogP contribution in [0.5, 0.6) is 0 Å². The van der Waals surface area contributed by atoms with Gasteiger partial charge in [0.05, 0.1) is 5.69 Å². The van der Waals surface area contributed by atoms with E-state index in [1.54, 1.807) is 12.4 Å². The van der Waals surface area contributed by atoms with Gasteiger partial charge in [0, 0.05) is 54.4 Å². The van der Waals surface area contributed by atoms with Crippen molar-refractivity contribution < 1.29 is 4.42 Å². The quantitative estimate of drug-likeness (QED) is 0.552. The Morgan fingerprint density at radius 1 is 1.12 bits per heavy atom. The van der Waals surface area contributed by atoms with E-state index >= 15 is 0 Å². The molecule has 5 nitrogen and oxygen atoms in total. The normalized spacial score (nSPS) is 12.6. The molecule has 3 heterocycles. The van der Waals surface area contributed by atoms with Crippen molar-refractivity contribution in [1.82, 2.24) is 19.5 Å². The molecule has 1 aromatic carbocycles. The highest BCUT2D eigenvalue weighted by Crippen LogP contribution is 2.34. The van der Waals surface area contributed by atoms with Gasteiger partial charge in [-0.1, -0.05) is 11.6 Å². The van der Waals surface area contributed by atoms with E-state index in [1.165, 1.54) is 5.56 Å². The van der Waals surface area contributed by atoms with Crippen LogP contribution in [0.1, 0.15) is 29.8 Å². The van der Waals surface area contributed by atoms with Gasteiger partial charge in [0.25, 0.3) is 0 Å². The number of furan rings is 1. The molecule has 5 heteroatoms. The van der Waals surface area contributed by atoms with Crippen molar-refractivity contribution in [3.8, 4) is 11.6 Å². The second-order valence-corrected chi connectivity index (χ2v) is 6.46. The van der Waals surface area contributed by atoms with E-state index in [1.807, 2.05) is 24.7 Å². The molecule has 0 saturated carbocycles. The van der Waals surface area contributed by atoms with Gasteiger partial charge in [-0.2, -0.15) is 0 Å². The van der Waals surface area contributed by atoms with Gasteiger partial charge in [-0.3, -0.25) is 9.97 Å². The molecule has 0 bridgehead atoms. The smallest absolute Gasteiger partial charge is 0.176 e. The number of fused-ring (bicyclic) bond motifs is 1. The van der Waals surface area contributed by atoms with Crippen molar-refractivity contribution in [2.75, 3.05) is 0 Å². The van der Waals surface area contributed by atoms with Crippen molar-refractivity contribution in [3.63, 3.8) is 0 Å². The van der Waals surface area contributed by atoms with Crippen LogP contribution in [0.3, 0.4) is 0 Å². The molecule has 0 N–H and O–H groups in total. The summed E-state index contributed by atoms with van der Waals surface area (Å²) in [4.78, 5) is 13.1. The average Bonchev–Trinajstić information content (AvgIpc) is 3.21. The second kappa shape index (κ2) is 6.16. The van der Waals surface area contributed by atoms with Crippen LogP contribution < -0.4 is 0 Å². The summed E-state index contributed by atoms with van der Waals surface area (Å²) in [5.41, 5.74) is 4.21. The zero-order valence-electron chi connectivity index (χ0n) is 14.6. The van der Waals surface area contributed by atoms with Gasteiger partial charge < -0.3 is 8.98 Å². The monoisotopic (exact) mass is 332 g/mol. The van der Waals surface area contributed by atoms with E-state index in [9.17, 15) is 0 Å². The molecule has 4 rings (SSSR count). The molecule has 0 fully saturated rings. The van der Waals surface area contributed by atoms with Crippen molar-refractivity contribution in [2.24, 2.45) is 0 Å². The number of aromatic nitrogens is 4. The molecule has 126 valence electrons. The van der Waals surface area contributed by atoms with Crippen molar-refractivity contribution in [2.45, 2.75) is 33.2 Å². The first kappa shape index (κ1) is 15.6. The molecule has 3 aromatic heterocycles. The fraction of sp³-hybridized carbons (Fsp3) is 0.250. The summed E-state index contributed by atoms with van der Waals surface area (Å²) in [7, 11) is 0. The summed E-state index contributed by atoms with van der Waals surface area (Å²) in [5, 5.41) is 1.14. The third-order valence-corrected chi connectivity index (χ3v) is 4.56. The summed E-state index contributed by atoms with van der Waals surface area (Å²) < 4.78 is 8.27. The second-order valence-electron chi connectivity index (χ2n) is 6.46. The molecule has 0 aliphatic rings. The van der Waals surface area contributed by atoms with E-state index in [0.717, 1.165) is 40.2 Å². The van der Waals surface area contributed by atoms with Gasteiger partial charge in [0.15, 0.2) is 11.6 Å². The van der Waals surface area contributed by atoms with E-state index < -0.39 is 0 Å². The first-order chi connectivity index (χ1) is 12.1. The largest absolute Gasteiger partial charge is 0.453 e. The number of nitrogens with zero attached hydrogens (tertiary/aromatic N) is 4. The minimum atomic E-state index is 0.198. The van der Waals surface area contributed by atoms with Gasteiger partial charge in [0.2, 0.25) is 0 Å². The highest BCUT2D eigenvalue weighted by Gasteiger charge is 2.19. The summed E-state index contributed by atoms with van der Waals surface area (Å²) in [6.45, 7) is 6.34. The number of aryl methyl sites for hydroxylation is 2. The lowest BCUT2D eigenvalue weighted by Crippen LogP contribution is -2.10. The maximum absolute atomic E-state index is 6.13. The first-order valence-electron chi connectivity index (χ1n) is 8.41. The van der Waals surface area contributed by atoms with Gasteiger partial charge in [-0.05, 0) is 32.9 Å². The minimum Gasteiger partial charge on any atom is -0.453 e. The Morgan fingerprint density at radius 3 is 2.80 bits per heavy atom. The van der Waals surface area contributed by atoms with Gasteiger partial charge in [0.1, 0.15) is 5.58 Å². The number of benzene rings is 1. The summed E-state index contributed by atoms with van der Waals surface area (Å²) in [6.07, 6.45) is 9.83. The van der Waals surface area contributed by atoms with Crippen molar-refractivity contribution in [3.05, 3.63) is 66.0 Å². The fourth-order valence-electron chi connectivity index (χ4n) is 3.23. The molecule has 0 unspecified atom stereocenters.